The monoisotopic (exact) mass is 446 g/mol. The lowest BCUT2D eigenvalue weighted by Gasteiger charge is -2.59. The highest BCUT2D eigenvalue weighted by Crippen LogP contribution is 2.73. The summed E-state index contributed by atoms with van der Waals surface area (Å²) in [5.74, 6) is 3.74. The summed E-state index contributed by atoms with van der Waals surface area (Å²) < 4.78 is 17.1. The average molecular weight is 447 g/mol. The normalized spacial score (nSPS) is 49.7. The Morgan fingerprint density at radius 2 is 1.91 bits per heavy atom. The van der Waals surface area contributed by atoms with Gasteiger partial charge in [0.1, 0.15) is 6.10 Å². The Kier molecular flexibility index (Phi) is 5.66. The van der Waals surface area contributed by atoms with Crippen LogP contribution in [0, 0.1) is 46.3 Å². The number of epoxide rings is 1. The molecular formula is C27H42O5. The summed E-state index contributed by atoms with van der Waals surface area (Å²) in [6.45, 7) is 8.94. The van der Waals surface area contributed by atoms with Crippen LogP contribution in [0.2, 0.25) is 0 Å². The average Bonchev–Trinajstić information content (AvgIpc) is 3.47. The summed E-state index contributed by atoms with van der Waals surface area (Å²) >= 11 is 0. The summed E-state index contributed by atoms with van der Waals surface area (Å²) in [6.07, 6.45) is 10.7. The van der Waals surface area contributed by atoms with Crippen molar-refractivity contribution in [1.82, 2.24) is 0 Å². The van der Waals surface area contributed by atoms with E-state index < -0.39 is 0 Å². The third-order valence-electron chi connectivity index (χ3n) is 11.0. The van der Waals surface area contributed by atoms with Gasteiger partial charge in [0.2, 0.25) is 0 Å². The quantitative estimate of drug-likeness (QED) is 0.431. The van der Waals surface area contributed by atoms with Gasteiger partial charge in [0.25, 0.3) is 0 Å². The Morgan fingerprint density at radius 1 is 1.12 bits per heavy atom. The highest BCUT2D eigenvalue weighted by atomic mass is 16.6. The highest BCUT2D eigenvalue weighted by Gasteiger charge is 2.73. The molecule has 5 heteroatoms. The van der Waals surface area contributed by atoms with Crippen LogP contribution >= 0.6 is 0 Å². The maximum atomic E-state index is 11.7. The number of methoxy groups -OCH3 is 1. The molecule has 0 spiro atoms. The molecule has 0 bridgehead atoms. The van der Waals surface area contributed by atoms with Crippen molar-refractivity contribution in [2.24, 2.45) is 46.3 Å². The van der Waals surface area contributed by atoms with Crippen molar-refractivity contribution in [2.75, 3.05) is 7.11 Å². The van der Waals surface area contributed by atoms with E-state index in [0.717, 1.165) is 37.5 Å². The standard InChI is InChI=1S/C27H42O5/c1-15(6-11-22(29)30-5)20-9-10-21-19-8-7-17-14-18(31-16(2)28)12-13-26(17,3)23(19)24-25(32-24)27(20,21)4/h15,17-21,23-25H,6-14H2,1-5H3/t15-,17-,18+,19-,20+,21-,23+,24-,25-,26-,27+/m0/s1. The summed E-state index contributed by atoms with van der Waals surface area (Å²) in [7, 11) is 1.49. The van der Waals surface area contributed by atoms with Crippen molar-refractivity contribution in [3.05, 3.63) is 0 Å². The Balaban J connectivity index is 1.33. The fourth-order valence-electron chi connectivity index (χ4n) is 9.54. The molecule has 0 aromatic heterocycles. The van der Waals surface area contributed by atoms with E-state index in [2.05, 4.69) is 20.8 Å². The lowest BCUT2D eigenvalue weighted by molar-refractivity contribution is -0.158. The number of fused-ring (bicyclic) bond motifs is 8. The third-order valence-corrected chi connectivity index (χ3v) is 11.0. The van der Waals surface area contributed by atoms with Crippen LogP contribution in [0.4, 0.5) is 0 Å². The molecule has 180 valence electrons. The highest BCUT2D eigenvalue weighted by molar-refractivity contribution is 5.69. The van der Waals surface area contributed by atoms with E-state index in [1.807, 2.05) is 0 Å². The van der Waals surface area contributed by atoms with Gasteiger partial charge in [0.05, 0.1) is 19.3 Å². The van der Waals surface area contributed by atoms with Crippen molar-refractivity contribution >= 4 is 11.9 Å². The minimum atomic E-state index is -0.135. The number of carbonyl (C=O) groups is 2. The lowest BCUT2D eigenvalue weighted by Crippen LogP contribution is -2.57. The Hall–Kier alpha value is -1.10. The van der Waals surface area contributed by atoms with Crippen LogP contribution in [0.15, 0.2) is 0 Å². The van der Waals surface area contributed by atoms with E-state index in [9.17, 15) is 9.59 Å². The van der Waals surface area contributed by atoms with E-state index in [-0.39, 0.29) is 23.5 Å². The first-order valence-electron chi connectivity index (χ1n) is 13.1. The molecule has 5 rings (SSSR count). The lowest BCUT2D eigenvalue weighted by atomic mass is 9.44. The van der Waals surface area contributed by atoms with Crippen molar-refractivity contribution in [3.63, 3.8) is 0 Å². The van der Waals surface area contributed by atoms with E-state index in [1.165, 1.54) is 39.7 Å². The molecule has 0 radical (unpaired) electrons. The maximum Gasteiger partial charge on any atom is 0.305 e. The van der Waals surface area contributed by atoms with Crippen molar-refractivity contribution in [1.29, 1.82) is 0 Å². The molecule has 0 unspecified atom stereocenters. The minimum absolute atomic E-state index is 0.0867. The third kappa shape index (κ3) is 3.35. The molecule has 5 nitrogen and oxygen atoms in total. The summed E-state index contributed by atoms with van der Waals surface area (Å²) in [5, 5.41) is 0. The molecule has 0 aromatic rings. The SMILES string of the molecule is COC(=O)CC[C@H](C)[C@H]1CC[C@H]2[C@@H]3CC[C@H]4C[C@H](OC(C)=O)CC[C@]4(C)[C@H]3[C@@H]3O[C@@H]3[C@]12C. The molecule has 32 heavy (non-hydrogen) atoms. The molecule has 1 heterocycles. The van der Waals surface area contributed by atoms with Crippen LogP contribution in [0.5, 0.6) is 0 Å². The number of esters is 2. The molecule has 0 aromatic carbocycles. The molecule has 0 N–H and O–H groups in total. The van der Waals surface area contributed by atoms with Gasteiger partial charge in [-0.15, -0.1) is 0 Å². The second-order valence-corrected chi connectivity index (χ2v) is 12.2. The second kappa shape index (κ2) is 7.99. The molecule has 4 aliphatic carbocycles. The van der Waals surface area contributed by atoms with Gasteiger partial charge in [0.15, 0.2) is 0 Å². The number of carbonyl (C=O) groups excluding carboxylic acids is 2. The van der Waals surface area contributed by atoms with Crippen LogP contribution in [-0.2, 0) is 23.8 Å². The topological polar surface area (TPSA) is 65.1 Å². The fourth-order valence-corrected chi connectivity index (χ4v) is 9.54. The van der Waals surface area contributed by atoms with E-state index >= 15 is 0 Å². The Bertz CT molecular complexity index is 765. The summed E-state index contributed by atoms with van der Waals surface area (Å²) in [5.41, 5.74) is 0.564. The van der Waals surface area contributed by atoms with Gasteiger partial charge < -0.3 is 14.2 Å². The van der Waals surface area contributed by atoms with E-state index in [1.54, 1.807) is 0 Å². The zero-order valence-corrected chi connectivity index (χ0v) is 20.6. The number of rotatable bonds is 5. The zero-order chi connectivity index (χ0) is 22.8. The summed E-state index contributed by atoms with van der Waals surface area (Å²) in [6, 6.07) is 0. The molecule has 1 aliphatic heterocycles. The molecule has 4 saturated carbocycles. The zero-order valence-electron chi connectivity index (χ0n) is 20.6. The van der Waals surface area contributed by atoms with Gasteiger partial charge in [-0.1, -0.05) is 20.8 Å². The molecule has 11 atom stereocenters. The number of ether oxygens (including phenoxy) is 3. The van der Waals surface area contributed by atoms with Gasteiger partial charge >= 0.3 is 11.9 Å². The first kappa shape index (κ1) is 22.7. The summed E-state index contributed by atoms with van der Waals surface area (Å²) in [4.78, 5) is 23.2. The smallest absolute Gasteiger partial charge is 0.305 e. The molecule has 5 fully saturated rings. The maximum absolute atomic E-state index is 11.7. The van der Waals surface area contributed by atoms with Gasteiger partial charge in [0, 0.05) is 18.8 Å². The molecule has 0 amide bonds. The Morgan fingerprint density at radius 3 is 2.62 bits per heavy atom. The van der Waals surface area contributed by atoms with Gasteiger partial charge in [-0.3, -0.25) is 9.59 Å². The minimum Gasteiger partial charge on any atom is -0.469 e. The van der Waals surface area contributed by atoms with E-state index in [4.69, 9.17) is 14.2 Å². The molecule has 1 saturated heterocycles. The van der Waals surface area contributed by atoms with Crippen molar-refractivity contribution in [2.45, 2.75) is 104 Å². The van der Waals surface area contributed by atoms with E-state index in [0.29, 0.717) is 47.7 Å². The fraction of sp³-hybridized carbons (Fsp3) is 0.926. The van der Waals surface area contributed by atoms with Crippen molar-refractivity contribution in [3.8, 4) is 0 Å². The molecule has 5 aliphatic rings. The van der Waals surface area contributed by atoms with Crippen LogP contribution in [0.25, 0.3) is 0 Å². The van der Waals surface area contributed by atoms with Crippen LogP contribution in [0.3, 0.4) is 0 Å². The van der Waals surface area contributed by atoms with Crippen LogP contribution in [0.1, 0.15) is 85.5 Å². The predicted molar refractivity (Wildman–Crippen MR) is 121 cm³/mol. The van der Waals surface area contributed by atoms with Crippen LogP contribution < -0.4 is 0 Å². The first-order chi connectivity index (χ1) is 15.2. The van der Waals surface area contributed by atoms with Gasteiger partial charge in [-0.25, -0.2) is 0 Å². The molecular weight excluding hydrogens is 404 g/mol. The van der Waals surface area contributed by atoms with Gasteiger partial charge in [-0.2, -0.15) is 0 Å². The first-order valence-corrected chi connectivity index (χ1v) is 13.1. The largest absolute Gasteiger partial charge is 0.469 e. The second-order valence-electron chi connectivity index (χ2n) is 12.2. The van der Waals surface area contributed by atoms with Crippen LogP contribution in [-0.4, -0.2) is 37.4 Å². The van der Waals surface area contributed by atoms with Crippen molar-refractivity contribution < 1.29 is 23.8 Å². The Labute approximate surface area is 193 Å². The van der Waals surface area contributed by atoms with Gasteiger partial charge in [-0.05, 0) is 92.3 Å². The number of hydrogen-bond acceptors (Lipinski definition) is 5. The predicted octanol–water partition coefficient (Wildman–Crippen LogP) is 5.15. The number of hydrogen-bond donors (Lipinski definition) is 0.